The first kappa shape index (κ1) is 23.7. The van der Waals surface area contributed by atoms with Crippen LogP contribution in [0, 0.1) is 6.92 Å². The fourth-order valence-corrected chi connectivity index (χ4v) is 4.66. The minimum atomic E-state index is -1.91. The number of aromatic carboxylic acids is 1. The number of carbonyl (C=O) groups is 2. The molecule has 5 atom stereocenters. The van der Waals surface area contributed by atoms with Gasteiger partial charge < -0.3 is 50.7 Å². The molecule has 2 aromatic rings. The summed E-state index contributed by atoms with van der Waals surface area (Å²) in [6, 6.07) is 0.927. The number of ketones is 1. The molecule has 182 valence electrons. The quantitative estimate of drug-likeness (QED) is 0.166. The smallest absolute Gasteiger partial charge is 0.339 e. The SMILES string of the molecule is Cc1c2c(cc(O)c1C(=O)O)C(=O)c1c(O)c(O)c(C3OC(CO)C(O)C(O)C3O)c(O)c1C2. The van der Waals surface area contributed by atoms with E-state index in [9.17, 15) is 55.5 Å². The second kappa shape index (κ2) is 8.11. The zero-order valence-corrected chi connectivity index (χ0v) is 17.6. The monoisotopic (exact) mass is 478 g/mol. The Kier molecular flexibility index (Phi) is 5.66. The van der Waals surface area contributed by atoms with Crippen LogP contribution >= 0.6 is 0 Å². The molecule has 5 unspecified atom stereocenters. The molecule has 12 nitrogen and oxygen atoms in total. The van der Waals surface area contributed by atoms with Gasteiger partial charge in [-0.1, -0.05) is 0 Å². The number of aliphatic hydroxyl groups excluding tert-OH is 4. The molecule has 0 spiro atoms. The second-order valence-electron chi connectivity index (χ2n) is 8.30. The van der Waals surface area contributed by atoms with Crippen LogP contribution in [0.5, 0.6) is 23.0 Å². The van der Waals surface area contributed by atoms with E-state index < -0.39 is 88.6 Å². The minimum absolute atomic E-state index is 0.0443. The fourth-order valence-electron chi connectivity index (χ4n) is 4.66. The molecule has 1 saturated heterocycles. The largest absolute Gasteiger partial charge is 0.507 e. The topological polar surface area (TPSA) is 225 Å². The molecule has 1 aliphatic carbocycles. The van der Waals surface area contributed by atoms with Crippen LogP contribution in [0.2, 0.25) is 0 Å². The van der Waals surface area contributed by atoms with Gasteiger partial charge in [0.1, 0.15) is 47.6 Å². The number of phenolic OH excluding ortho intramolecular Hbond substituents is 3. The van der Waals surface area contributed by atoms with Crippen LogP contribution in [0.25, 0.3) is 0 Å². The highest BCUT2D eigenvalue weighted by Gasteiger charge is 2.47. The van der Waals surface area contributed by atoms with Crippen molar-refractivity contribution in [3.05, 3.63) is 45.0 Å². The molecule has 0 saturated carbocycles. The zero-order chi connectivity index (χ0) is 25.2. The number of rotatable bonds is 3. The summed E-state index contributed by atoms with van der Waals surface area (Å²) < 4.78 is 5.37. The van der Waals surface area contributed by atoms with Crippen molar-refractivity contribution in [3.8, 4) is 23.0 Å². The van der Waals surface area contributed by atoms with E-state index in [4.69, 9.17) is 4.74 Å². The van der Waals surface area contributed by atoms with Crippen LogP contribution in [0.1, 0.15) is 54.6 Å². The first-order valence-corrected chi connectivity index (χ1v) is 10.2. The van der Waals surface area contributed by atoms with Gasteiger partial charge in [0.05, 0.1) is 17.7 Å². The highest BCUT2D eigenvalue weighted by atomic mass is 16.5. The van der Waals surface area contributed by atoms with Crippen LogP contribution in [-0.4, -0.2) is 88.7 Å². The van der Waals surface area contributed by atoms with Gasteiger partial charge in [0.15, 0.2) is 17.3 Å². The molecule has 1 heterocycles. The van der Waals surface area contributed by atoms with E-state index in [1.165, 1.54) is 6.92 Å². The summed E-state index contributed by atoms with van der Waals surface area (Å²) in [5, 5.41) is 91.7. The average molecular weight is 478 g/mol. The molecular formula is C22H22O12. The lowest BCUT2D eigenvalue weighted by Gasteiger charge is -2.40. The molecule has 12 heteroatoms. The number of carboxylic acid groups (broad SMARTS) is 1. The maximum absolute atomic E-state index is 13.1. The highest BCUT2D eigenvalue weighted by Crippen LogP contribution is 2.52. The molecule has 0 amide bonds. The maximum atomic E-state index is 13.1. The van der Waals surface area contributed by atoms with E-state index in [0.29, 0.717) is 0 Å². The van der Waals surface area contributed by atoms with E-state index in [0.717, 1.165) is 6.07 Å². The van der Waals surface area contributed by atoms with Gasteiger partial charge in [-0.15, -0.1) is 0 Å². The lowest BCUT2D eigenvalue weighted by atomic mass is 9.78. The third-order valence-electron chi connectivity index (χ3n) is 6.46. The van der Waals surface area contributed by atoms with E-state index in [2.05, 4.69) is 0 Å². The summed E-state index contributed by atoms with van der Waals surface area (Å²) in [5.41, 5.74) is -1.72. The van der Waals surface area contributed by atoms with Crippen molar-refractivity contribution in [2.45, 2.75) is 43.9 Å². The number of aliphatic hydroxyl groups is 4. The van der Waals surface area contributed by atoms with Crippen LogP contribution in [0.3, 0.4) is 0 Å². The molecule has 0 aromatic heterocycles. The Morgan fingerprint density at radius 3 is 2.24 bits per heavy atom. The van der Waals surface area contributed by atoms with Crippen molar-refractivity contribution in [1.82, 2.24) is 0 Å². The molecule has 2 aliphatic rings. The highest BCUT2D eigenvalue weighted by molar-refractivity contribution is 6.16. The number of hydrogen-bond acceptors (Lipinski definition) is 11. The number of ether oxygens (including phenoxy) is 1. The van der Waals surface area contributed by atoms with Gasteiger partial charge in [0, 0.05) is 17.5 Å². The maximum Gasteiger partial charge on any atom is 0.339 e. The predicted octanol–water partition coefficient (Wildman–Crippen LogP) is -0.834. The molecule has 1 aliphatic heterocycles. The van der Waals surface area contributed by atoms with Gasteiger partial charge in [0.25, 0.3) is 0 Å². The van der Waals surface area contributed by atoms with E-state index >= 15 is 0 Å². The first-order chi connectivity index (χ1) is 15.9. The molecular weight excluding hydrogens is 456 g/mol. The molecule has 9 N–H and O–H groups in total. The van der Waals surface area contributed by atoms with E-state index in [-0.39, 0.29) is 28.7 Å². The van der Waals surface area contributed by atoms with Crippen molar-refractivity contribution >= 4 is 11.8 Å². The number of hydrogen-bond donors (Lipinski definition) is 9. The lowest BCUT2D eigenvalue weighted by molar-refractivity contribution is -0.232. The van der Waals surface area contributed by atoms with Crippen molar-refractivity contribution in [3.63, 3.8) is 0 Å². The van der Waals surface area contributed by atoms with Crippen LogP contribution < -0.4 is 0 Å². The van der Waals surface area contributed by atoms with E-state index in [1.807, 2.05) is 0 Å². The summed E-state index contributed by atoms with van der Waals surface area (Å²) in [5.74, 6) is -5.83. The van der Waals surface area contributed by atoms with Crippen LogP contribution in [0.15, 0.2) is 6.07 Å². The van der Waals surface area contributed by atoms with Gasteiger partial charge in [-0.3, -0.25) is 4.79 Å². The summed E-state index contributed by atoms with van der Waals surface area (Å²) in [6.45, 7) is 0.572. The number of carbonyl (C=O) groups excluding carboxylic acids is 1. The van der Waals surface area contributed by atoms with Crippen molar-refractivity contribution in [1.29, 1.82) is 0 Å². The molecule has 1 fully saturated rings. The number of phenols is 4. The zero-order valence-electron chi connectivity index (χ0n) is 17.6. The van der Waals surface area contributed by atoms with Gasteiger partial charge in [0.2, 0.25) is 0 Å². The third kappa shape index (κ3) is 3.19. The normalized spacial score (nSPS) is 26.1. The van der Waals surface area contributed by atoms with E-state index in [1.54, 1.807) is 0 Å². The lowest BCUT2D eigenvalue weighted by Crippen LogP contribution is -2.55. The van der Waals surface area contributed by atoms with Crippen molar-refractivity contribution in [2.75, 3.05) is 6.61 Å². The molecule has 34 heavy (non-hydrogen) atoms. The Morgan fingerprint density at radius 1 is 1.00 bits per heavy atom. The Labute approximate surface area is 191 Å². The third-order valence-corrected chi connectivity index (χ3v) is 6.46. The Balaban J connectivity index is 1.92. The second-order valence-corrected chi connectivity index (χ2v) is 8.30. The van der Waals surface area contributed by atoms with Gasteiger partial charge in [-0.25, -0.2) is 4.79 Å². The standard InChI is InChI=1S/C22H22O12/c1-5-6-2-8-12(14(25)7(6)3-9(24)11(5)22(32)33)17(28)18(29)13(15(8)26)21-20(31)19(30)16(27)10(4-23)34-21/h3,10,16,19-21,23-24,26-31H,2,4H2,1H3,(H,32,33). The number of benzene rings is 2. The Hall–Kier alpha value is -3.42. The molecule has 4 rings (SSSR count). The van der Waals surface area contributed by atoms with Gasteiger partial charge >= 0.3 is 5.97 Å². The molecule has 0 bridgehead atoms. The summed E-state index contributed by atoms with van der Waals surface area (Å²) >= 11 is 0. The fraction of sp³-hybridized carbons (Fsp3) is 0.364. The van der Waals surface area contributed by atoms with Gasteiger partial charge in [-0.2, -0.15) is 0 Å². The summed E-state index contributed by atoms with van der Waals surface area (Å²) in [4.78, 5) is 24.7. The number of carboxylic acids is 1. The molecule has 0 radical (unpaired) electrons. The summed E-state index contributed by atoms with van der Waals surface area (Å²) in [7, 11) is 0. The van der Waals surface area contributed by atoms with Crippen molar-refractivity contribution < 1.29 is 60.3 Å². The van der Waals surface area contributed by atoms with Crippen LogP contribution in [0.4, 0.5) is 0 Å². The average Bonchev–Trinajstić information content (AvgIpc) is 2.78. The predicted molar refractivity (Wildman–Crippen MR) is 110 cm³/mol. The first-order valence-electron chi connectivity index (χ1n) is 10.2. The Bertz CT molecular complexity index is 1220. The van der Waals surface area contributed by atoms with Gasteiger partial charge in [-0.05, 0) is 24.1 Å². The van der Waals surface area contributed by atoms with Crippen LogP contribution in [-0.2, 0) is 11.2 Å². The number of fused-ring (bicyclic) bond motifs is 2. The number of aromatic hydroxyl groups is 4. The summed E-state index contributed by atoms with van der Waals surface area (Å²) in [6.07, 6.45) is -8.88. The van der Waals surface area contributed by atoms with Crippen molar-refractivity contribution in [2.24, 2.45) is 0 Å². The Morgan fingerprint density at radius 2 is 1.65 bits per heavy atom. The minimum Gasteiger partial charge on any atom is -0.507 e. The molecule has 2 aromatic carbocycles.